The van der Waals surface area contributed by atoms with Crippen LogP contribution in [0.1, 0.15) is 36.0 Å². The van der Waals surface area contributed by atoms with Crippen LogP contribution in [-0.4, -0.2) is 25.2 Å². The Morgan fingerprint density at radius 1 is 1.48 bits per heavy atom. The number of aryl methyl sites for hydroxylation is 1. The van der Waals surface area contributed by atoms with Crippen molar-refractivity contribution >= 4 is 22.8 Å². The van der Waals surface area contributed by atoms with E-state index in [4.69, 9.17) is 4.42 Å². The molecule has 0 aliphatic heterocycles. The van der Waals surface area contributed by atoms with Crippen molar-refractivity contribution in [1.29, 1.82) is 0 Å². The molecule has 3 aromatic heterocycles. The third kappa shape index (κ3) is 2.86. The summed E-state index contributed by atoms with van der Waals surface area (Å²) in [6.07, 6.45) is 4.57. The molecule has 0 aliphatic carbocycles. The molecule has 130 valence electrons. The monoisotopic (exact) mass is 341 g/mol. The van der Waals surface area contributed by atoms with Crippen LogP contribution in [0, 0.1) is 6.92 Å². The van der Waals surface area contributed by atoms with Gasteiger partial charge >= 0.3 is 0 Å². The van der Waals surface area contributed by atoms with E-state index >= 15 is 0 Å². The lowest BCUT2D eigenvalue weighted by atomic mass is 10.2. The fourth-order valence-electron chi connectivity index (χ4n) is 2.68. The van der Waals surface area contributed by atoms with E-state index in [2.05, 4.69) is 22.0 Å². The Labute approximate surface area is 143 Å². The molecule has 0 fully saturated rings. The van der Waals surface area contributed by atoms with Gasteiger partial charge in [-0.3, -0.25) is 14.2 Å². The summed E-state index contributed by atoms with van der Waals surface area (Å²) in [6.45, 7) is 9.46. The zero-order chi connectivity index (χ0) is 18.1. The number of carbonyl (C=O) groups excluding carboxylic acids is 1. The number of anilines is 1. The summed E-state index contributed by atoms with van der Waals surface area (Å²) in [4.78, 5) is 29.6. The molecule has 0 aliphatic rings. The molecule has 0 radical (unpaired) electrons. The Balaban J connectivity index is 2.08. The van der Waals surface area contributed by atoms with Crippen molar-refractivity contribution in [2.75, 3.05) is 5.32 Å². The smallest absolute Gasteiger partial charge is 0.265 e. The van der Waals surface area contributed by atoms with Crippen molar-refractivity contribution in [3.63, 3.8) is 0 Å². The third-order valence-electron chi connectivity index (χ3n) is 3.81. The van der Waals surface area contributed by atoms with Crippen molar-refractivity contribution in [1.82, 2.24) is 19.3 Å². The molecule has 0 spiro atoms. The summed E-state index contributed by atoms with van der Waals surface area (Å²) in [7, 11) is 0. The summed E-state index contributed by atoms with van der Waals surface area (Å²) >= 11 is 0. The topological polar surface area (TPSA) is 94.9 Å². The van der Waals surface area contributed by atoms with Gasteiger partial charge in [0.1, 0.15) is 23.3 Å². The lowest BCUT2D eigenvalue weighted by molar-refractivity contribution is 0.102. The second-order valence-electron chi connectivity index (χ2n) is 5.91. The number of fused-ring (bicyclic) bond motifs is 1. The molecular formula is C17H19N5O3. The first-order valence-electron chi connectivity index (χ1n) is 7.88. The molecule has 3 heterocycles. The summed E-state index contributed by atoms with van der Waals surface area (Å²) in [5.41, 5.74) is -0.0167. The minimum absolute atomic E-state index is 0.0824. The Bertz CT molecular complexity index is 1010. The average molecular weight is 341 g/mol. The Hall–Kier alpha value is -3.16. The van der Waals surface area contributed by atoms with E-state index in [1.165, 1.54) is 10.9 Å². The molecular weight excluding hydrogens is 322 g/mol. The first-order valence-corrected chi connectivity index (χ1v) is 7.88. The summed E-state index contributed by atoms with van der Waals surface area (Å²) in [5.74, 6) is 0.446. The van der Waals surface area contributed by atoms with Crippen LogP contribution in [0.15, 0.2) is 40.5 Å². The molecule has 3 aromatic rings. The summed E-state index contributed by atoms with van der Waals surface area (Å²) in [5, 5.41) is 7.13. The molecule has 0 saturated heterocycles. The van der Waals surface area contributed by atoms with Gasteiger partial charge in [-0.2, -0.15) is 5.10 Å². The van der Waals surface area contributed by atoms with E-state index in [-0.39, 0.29) is 28.3 Å². The van der Waals surface area contributed by atoms with Gasteiger partial charge in [-0.15, -0.1) is 6.58 Å². The lowest BCUT2D eigenvalue weighted by Crippen LogP contribution is -2.23. The van der Waals surface area contributed by atoms with Crippen LogP contribution < -0.4 is 10.9 Å². The lowest BCUT2D eigenvalue weighted by Gasteiger charge is -2.11. The van der Waals surface area contributed by atoms with Crippen LogP contribution in [0.2, 0.25) is 0 Å². The Kier molecular flexibility index (Phi) is 4.26. The van der Waals surface area contributed by atoms with Crippen LogP contribution in [0.3, 0.4) is 0 Å². The van der Waals surface area contributed by atoms with Gasteiger partial charge < -0.3 is 9.73 Å². The number of nitrogens with one attached hydrogen (secondary N) is 1. The minimum Gasteiger partial charge on any atom is -0.442 e. The molecule has 8 heteroatoms. The molecule has 0 atom stereocenters. The molecule has 25 heavy (non-hydrogen) atoms. The van der Waals surface area contributed by atoms with Crippen molar-refractivity contribution in [2.24, 2.45) is 0 Å². The zero-order valence-electron chi connectivity index (χ0n) is 14.3. The maximum Gasteiger partial charge on any atom is 0.265 e. The van der Waals surface area contributed by atoms with Crippen molar-refractivity contribution in [3.05, 3.63) is 52.9 Å². The number of allylic oxidation sites excluding steroid dienone is 1. The molecule has 0 unspecified atom stereocenters. The van der Waals surface area contributed by atoms with Gasteiger partial charge in [0.05, 0.1) is 11.8 Å². The number of amides is 1. The first kappa shape index (κ1) is 16.7. The van der Waals surface area contributed by atoms with E-state index in [9.17, 15) is 9.59 Å². The average Bonchev–Trinajstić information content (AvgIpc) is 3.14. The van der Waals surface area contributed by atoms with Crippen LogP contribution in [0.4, 0.5) is 5.82 Å². The molecule has 3 rings (SSSR count). The standard InChI is InChI=1S/C17H19N5O3/c1-5-8-21-9-18-16-14(17(21)24)13(11(4)25-16)15(23)20-12-6-7-19-22(12)10(2)3/h5-7,9-10H,1,8H2,2-4H3,(H,20,23). The maximum absolute atomic E-state index is 12.8. The second kappa shape index (κ2) is 6.39. The summed E-state index contributed by atoms with van der Waals surface area (Å²) < 4.78 is 8.56. The van der Waals surface area contributed by atoms with Gasteiger partial charge in [0.2, 0.25) is 5.71 Å². The van der Waals surface area contributed by atoms with Crippen LogP contribution in [0.5, 0.6) is 0 Å². The molecule has 0 aromatic carbocycles. The van der Waals surface area contributed by atoms with Crippen LogP contribution in [0.25, 0.3) is 11.1 Å². The van der Waals surface area contributed by atoms with Gasteiger partial charge in [0, 0.05) is 18.7 Å². The number of hydrogen-bond donors (Lipinski definition) is 1. The third-order valence-corrected chi connectivity index (χ3v) is 3.81. The zero-order valence-corrected chi connectivity index (χ0v) is 14.3. The highest BCUT2D eigenvalue weighted by molar-refractivity contribution is 6.12. The van der Waals surface area contributed by atoms with Gasteiger partial charge in [-0.1, -0.05) is 6.08 Å². The SMILES string of the molecule is C=CCn1cnc2oc(C)c(C(=O)Nc3ccnn3C(C)C)c2c1=O. The molecule has 0 bridgehead atoms. The number of aromatic nitrogens is 4. The van der Waals surface area contributed by atoms with E-state index in [0.29, 0.717) is 18.1 Å². The molecule has 1 N–H and O–H groups in total. The van der Waals surface area contributed by atoms with Crippen molar-refractivity contribution in [3.8, 4) is 0 Å². The number of hydrogen-bond acceptors (Lipinski definition) is 5. The van der Waals surface area contributed by atoms with E-state index in [1.807, 2.05) is 13.8 Å². The van der Waals surface area contributed by atoms with E-state index < -0.39 is 5.91 Å². The van der Waals surface area contributed by atoms with Crippen LogP contribution in [-0.2, 0) is 6.54 Å². The fraction of sp³-hybridized carbons (Fsp3) is 0.294. The van der Waals surface area contributed by atoms with Crippen molar-refractivity contribution < 1.29 is 9.21 Å². The Morgan fingerprint density at radius 2 is 2.24 bits per heavy atom. The number of nitrogens with zero attached hydrogens (tertiary/aromatic N) is 4. The fourth-order valence-corrected chi connectivity index (χ4v) is 2.68. The number of rotatable bonds is 5. The maximum atomic E-state index is 12.8. The predicted molar refractivity (Wildman–Crippen MR) is 93.8 cm³/mol. The normalized spacial score (nSPS) is 11.2. The highest BCUT2D eigenvalue weighted by atomic mass is 16.3. The highest BCUT2D eigenvalue weighted by Crippen LogP contribution is 2.23. The Morgan fingerprint density at radius 3 is 2.92 bits per heavy atom. The van der Waals surface area contributed by atoms with Gasteiger partial charge in [-0.05, 0) is 20.8 Å². The highest BCUT2D eigenvalue weighted by Gasteiger charge is 2.23. The number of carbonyl (C=O) groups is 1. The van der Waals surface area contributed by atoms with E-state index in [0.717, 1.165) is 0 Å². The van der Waals surface area contributed by atoms with Gasteiger partial charge in [0.25, 0.3) is 11.5 Å². The van der Waals surface area contributed by atoms with Gasteiger partial charge in [-0.25, -0.2) is 9.67 Å². The molecule has 0 saturated carbocycles. The van der Waals surface area contributed by atoms with Crippen molar-refractivity contribution in [2.45, 2.75) is 33.4 Å². The second-order valence-corrected chi connectivity index (χ2v) is 5.91. The first-order chi connectivity index (χ1) is 11.9. The quantitative estimate of drug-likeness (QED) is 0.720. The molecule has 8 nitrogen and oxygen atoms in total. The molecule has 1 amide bonds. The minimum atomic E-state index is -0.436. The largest absolute Gasteiger partial charge is 0.442 e. The predicted octanol–water partition coefficient (Wildman–Crippen LogP) is 2.51. The van der Waals surface area contributed by atoms with Crippen LogP contribution >= 0.6 is 0 Å². The van der Waals surface area contributed by atoms with E-state index in [1.54, 1.807) is 29.9 Å². The summed E-state index contributed by atoms with van der Waals surface area (Å²) in [6, 6.07) is 1.78. The number of furan rings is 1. The van der Waals surface area contributed by atoms with Gasteiger partial charge in [0.15, 0.2) is 0 Å².